The molecule has 0 bridgehead atoms. The zero-order valence-electron chi connectivity index (χ0n) is 10.0. The molecule has 0 radical (unpaired) electrons. The van der Waals surface area contributed by atoms with Gasteiger partial charge in [0.1, 0.15) is 0 Å². The van der Waals surface area contributed by atoms with Crippen LogP contribution in [0.2, 0.25) is 0 Å². The summed E-state index contributed by atoms with van der Waals surface area (Å²) in [5, 5.41) is 11.7. The average molecular weight is 217 g/mol. The summed E-state index contributed by atoms with van der Waals surface area (Å²) < 4.78 is 0.999. The van der Waals surface area contributed by atoms with Crippen LogP contribution in [0.5, 0.6) is 0 Å². The number of rotatable bonds is 5. The van der Waals surface area contributed by atoms with E-state index >= 15 is 0 Å². The molecule has 86 valence electrons. The van der Waals surface area contributed by atoms with Crippen LogP contribution in [0.1, 0.15) is 25.8 Å². The van der Waals surface area contributed by atoms with Gasteiger partial charge in [-0.3, -0.25) is 0 Å². The standard InChI is InChI=1S/C14H19NO/c1-4-10-14(2,3)12-15(16)11-13-8-6-5-7-9-13/h4-9,12H,1,10-11H2,2-3H3/b15-12-. The normalized spacial score (nSPS) is 12.5. The lowest BCUT2D eigenvalue weighted by molar-refractivity contribution is -0.473. The van der Waals surface area contributed by atoms with E-state index in [0.29, 0.717) is 6.54 Å². The van der Waals surface area contributed by atoms with E-state index in [2.05, 4.69) is 6.58 Å². The minimum absolute atomic E-state index is 0.127. The zero-order valence-corrected chi connectivity index (χ0v) is 10.0. The Hall–Kier alpha value is -1.57. The minimum Gasteiger partial charge on any atom is -0.624 e. The van der Waals surface area contributed by atoms with Crippen LogP contribution >= 0.6 is 0 Å². The average Bonchev–Trinajstić information content (AvgIpc) is 2.17. The Bertz CT molecular complexity index is 366. The van der Waals surface area contributed by atoms with E-state index in [1.165, 1.54) is 0 Å². The summed E-state index contributed by atoms with van der Waals surface area (Å²) in [4.78, 5) is 0. The van der Waals surface area contributed by atoms with Crippen molar-refractivity contribution >= 4 is 6.21 Å². The Morgan fingerprint density at radius 3 is 2.50 bits per heavy atom. The maximum atomic E-state index is 11.7. The van der Waals surface area contributed by atoms with Gasteiger partial charge in [-0.1, -0.05) is 50.3 Å². The molecule has 0 saturated heterocycles. The smallest absolute Gasteiger partial charge is 0.178 e. The molecule has 0 amide bonds. The summed E-state index contributed by atoms with van der Waals surface area (Å²) in [6, 6.07) is 9.75. The Balaban J connectivity index is 2.68. The number of hydrogen-bond donors (Lipinski definition) is 0. The summed E-state index contributed by atoms with van der Waals surface area (Å²) in [5.74, 6) is 0. The third-order valence-corrected chi connectivity index (χ3v) is 2.35. The molecule has 0 atom stereocenters. The van der Waals surface area contributed by atoms with Crippen molar-refractivity contribution in [1.29, 1.82) is 0 Å². The molecule has 0 aromatic heterocycles. The second-order valence-corrected chi connectivity index (χ2v) is 4.67. The number of hydroxylamine groups is 1. The van der Waals surface area contributed by atoms with Gasteiger partial charge < -0.3 is 5.21 Å². The van der Waals surface area contributed by atoms with E-state index in [1.54, 1.807) is 6.21 Å². The molecule has 0 aliphatic carbocycles. The third kappa shape index (κ3) is 4.30. The largest absolute Gasteiger partial charge is 0.624 e. The fraction of sp³-hybridized carbons (Fsp3) is 0.357. The van der Waals surface area contributed by atoms with Gasteiger partial charge in [0.2, 0.25) is 0 Å². The molecule has 2 heteroatoms. The van der Waals surface area contributed by atoms with Crippen LogP contribution in [0.25, 0.3) is 0 Å². The third-order valence-electron chi connectivity index (χ3n) is 2.35. The molecule has 2 nitrogen and oxygen atoms in total. The first-order valence-electron chi connectivity index (χ1n) is 5.48. The summed E-state index contributed by atoms with van der Waals surface area (Å²) in [6.07, 6.45) is 4.37. The number of hydrogen-bond acceptors (Lipinski definition) is 1. The zero-order chi connectivity index (χ0) is 12.0. The molecule has 0 unspecified atom stereocenters. The van der Waals surface area contributed by atoms with Crippen LogP contribution in [0.4, 0.5) is 0 Å². The summed E-state index contributed by atoms with van der Waals surface area (Å²) >= 11 is 0. The van der Waals surface area contributed by atoms with Crippen LogP contribution < -0.4 is 0 Å². The van der Waals surface area contributed by atoms with Gasteiger partial charge in [-0.2, -0.15) is 0 Å². The van der Waals surface area contributed by atoms with Crippen molar-refractivity contribution in [2.45, 2.75) is 26.8 Å². The molecule has 0 saturated carbocycles. The second kappa shape index (κ2) is 5.50. The minimum atomic E-state index is -0.127. The maximum absolute atomic E-state index is 11.7. The summed E-state index contributed by atoms with van der Waals surface area (Å²) in [5.41, 5.74) is 0.904. The Kier molecular flexibility index (Phi) is 4.29. The van der Waals surface area contributed by atoms with Gasteiger partial charge in [0.05, 0.1) is 0 Å². The van der Waals surface area contributed by atoms with E-state index in [9.17, 15) is 5.21 Å². The predicted octanol–water partition coefficient (Wildman–Crippen LogP) is 3.37. The van der Waals surface area contributed by atoms with E-state index in [-0.39, 0.29) is 5.41 Å². The lowest BCUT2D eigenvalue weighted by atomic mass is 9.91. The number of allylic oxidation sites excluding steroid dienone is 1. The summed E-state index contributed by atoms with van der Waals surface area (Å²) in [7, 11) is 0. The van der Waals surface area contributed by atoms with Crippen molar-refractivity contribution in [1.82, 2.24) is 0 Å². The van der Waals surface area contributed by atoms with E-state index in [1.807, 2.05) is 50.3 Å². The molecular formula is C14H19NO. The van der Waals surface area contributed by atoms with Crippen LogP contribution in [0.3, 0.4) is 0 Å². The van der Waals surface area contributed by atoms with Crippen molar-refractivity contribution < 1.29 is 4.74 Å². The monoisotopic (exact) mass is 217 g/mol. The first-order chi connectivity index (χ1) is 7.53. The topological polar surface area (TPSA) is 26.1 Å². The predicted molar refractivity (Wildman–Crippen MR) is 68.4 cm³/mol. The summed E-state index contributed by atoms with van der Waals surface area (Å²) in [6.45, 7) is 8.17. The molecule has 0 aliphatic heterocycles. The van der Waals surface area contributed by atoms with Crippen molar-refractivity contribution in [2.24, 2.45) is 5.41 Å². The highest BCUT2D eigenvalue weighted by atomic mass is 16.5. The fourth-order valence-electron chi connectivity index (χ4n) is 1.62. The van der Waals surface area contributed by atoms with Crippen LogP contribution in [0, 0.1) is 10.6 Å². The Labute approximate surface area is 97.5 Å². The molecule has 0 fully saturated rings. The van der Waals surface area contributed by atoms with Gasteiger partial charge in [0.15, 0.2) is 12.8 Å². The van der Waals surface area contributed by atoms with Crippen LogP contribution in [-0.4, -0.2) is 11.0 Å². The Morgan fingerprint density at radius 2 is 1.94 bits per heavy atom. The SMILES string of the molecule is C=CCC(C)(C)/C=[N+](\[O-])Cc1ccccc1. The fourth-order valence-corrected chi connectivity index (χ4v) is 1.62. The quantitative estimate of drug-likeness (QED) is 0.244. The molecule has 0 N–H and O–H groups in total. The van der Waals surface area contributed by atoms with Crippen LogP contribution in [0.15, 0.2) is 43.0 Å². The molecular weight excluding hydrogens is 198 g/mol. The molecule has 1 aromatic carbocycles. The van der Waals surface area contributed by atoms with Gasteiger partial charge in [0.25, 0.3) is 0 Å². The van der Waals surface area contributed by atoms with Crippen molar-refractivity contribution in [3.63, 3.8) is 0 Å². The van der Waals surface area contributed by atoms with E-state index in [4.69, 9.17) is 0 Å². The first kappa shape index (κ1) is 12.5. The Morgan fingerprint density at radius 1 is 1.31 bits per heavy atom. The molecule has 16 heavy (non-hydrogen) atoms. The molecule has 0 heterocycles. The second-order valence-electron chi connectivity index (χ2n) is 4.67. The lowest BCUT2D eigenvalue weighted by Crippen LogP contribution is -2.19. The maximum Gasteiger partial charge on any atom is 0.178 e. The van der Waals surface area contributed by atoms with Gasteiger partial charge in [-0.05, 0) is 6.42 Å². The van der Waals surface area contributed by atoms with Gasteiger partial charge in [-0.25, -0.2) is 4.74 Å². The van der Waals surface area contributed by atoms with E-state index in [0.717, 1.165) is 16.7 Å². The van der Waals surface area contributed by atoms with Crippen molar-refractivity contribution in [3.05, 3.63) is 53.8 Å². The molecule has 0 aliphatic rings. The molecule has 0 spiro atoms. The highest BCUT2D eigenvalue weighted by molar-refractivity contribution is 5.59. The van der Waals surface area contributed by atoms with Gasteiger partial charge >= 0.3 is 0 Å². The van der Waals surface area contributed by atoms with Gasteiger partial charge in [-0.15, -0.1) is 6.58 Å². The lowest BCUT2D eigenvalue weighted by Gasteiger charge is -2.16. The van der Waals surface area contributed by atoms with Crippen molar-refractivity contribution in [2.75, 3.05) is 0 Å². The first-order valence-corrected chi connectivity index (χ1v) is 5.48. The van der Waals surface area contributed by atoms with E-state index < -0.39 is 0 Å². The molecule has 1 rings (SSSR count). The van der Waals surface area contributed by atoms with Crippen molar-refractivity contribution in [3.8, 4) is 0 Å². The number of benzene rings is 1. The van der Waals surface area contributed by atoms with Gasteiger partial charge in [0, 0.05) is 11.0 Å². The number of nitrogens with zero attached hydrogens (tertiary/aromatic N) is 1. The molecule has 1 aromatic rings. The van der Waals surface area contributed by atoms with Crippen LogP contribution in [-0.2, 0) is 6.54 Å². The highest BCUT2D eigenvalue weighted by Crippen LogP contribution is 2.17. The highest BCUT2D eigenvalue weighted by Gasteiger charge is 2.17.